The van der Waals surface area contributed by atoms with Crippen LogP contribution >= 0.6 is 0 Å². The maximum absolute atomic E-state index is 13.9. The third-order valence-electron chi connectivity index (χ3n) is 4.84. The molecule has 1 atom stereocenters. The number of benzene rings is 2. The number of halogens is 1. The molecule has 1 N–H and O–H groups in total. The van der Waals surface area contributed by atoms with Crippen LogP contribution in [0.15, 0.2) is 48.5 Å². The molecule has 2 aromatic carbocycles. The van der Waals surface area contributed by atoms with E-state index in [0.29, 0.717) is 18.8 Å². The van der Waals surface area contributed by atoms with E-state index in [-0.39, 0.29) is 17.8 Å². The van der Waals surface area contributed by atoms with E-state index in [2.05, 4.69) is 10.2 Å². The highest BCUT2D eigenvalue weighted by molar-refractivity contribution is 5.95. The summed E-state index contributed by atoms with van der Waals surface area (Å²) in [6, 6.07) is 14.4. The van der Waals surface area contributed by atoms with Crippen LogP contribution in [-0.2, 0) is 4.79 Å². The lowest BCUT2D eigenvalue weighted by Gasteiger charge is -2.38. The number of hydrogen-bond donors (Lipinski definition) is 1. The fourth-order valence-corrected chi connectivity index (χ4v) is 3.17. The van der Waals surface area contributed by atoms with Crippen LogP contribution in [0.5, 0.6) is 0 Å². The Morgan fingerprint density at radius 2 is 1.68 bits per heavy atom. The average molecular weight is 341 g/mol. The first kappa shape index (κ1) is 17.4. The topological polar surface area (TPSA) is 35.6 Å². The molecule has 1 heterocycles. The molecule has 0 radical (unpaired) electrons. The van der Waals surface area contributed by atoms with Crippen molar-refractivity contribution in [2.75, 3.05) is 36.4 Å². The van der Waals surface area contributed by atoms with E-state index in [9.17, 15) is 9.18 Å². The summed E-state index contributed by atoms with van der Waals surface area (Å²) in [5.74, 6) is -0.199. The summed E-state index contributed by atoms with van der Waals surface area (Å²) < 4.78 is 13.9. The Morgan fingerprint density at radius 3 is 2.36 bits per heavy atom. The lowest BCUT2D eigenvalue weighted by molar-refractivity contribution is -0.120. The van der Waals surface area contributed by atoms with Gasteiger partial charge in [-0.3, -0.25) is 9.69 Å². The summed E-state index contributed by atoms with van der Waals surface area (Å²) in [5.41, 5.74) is 2.54. The van der Waals surface area contributed by atoms with E-state index in [0.717, 1.165) is 24.3 Å². The Balaban J connectivity index is 1.58. The van der Waals surface area contributed by atoms with Gasteiger partial charge in [0, 0.05) is 31.9 Å². The monoisotopic (exact) mass is 341 g/mol. The summed E-state index contributed by atoms with van der Waals surface area (Å²) in [5, 5.41) is 3.01. The molecular weight excluding hydrogens is 317 g/mol. The normalized spacial score (nSPS) is 16.5. The van der Waals surface area contributed by atoms with Crippen molar-refractivity contribution in [2.45, 2.75) is 19.9 Å². The van der Waals surface area contributed by atoms with E-state index in [4.69, 9.17) is 0 Å². The Morgan fingerprint density at radius 1 is 1.04 bits per heavy atom. The lowest BCUT2D eigenvalue weighted by atomic mass is 10.1. The Bertz CT molecular complexity index is 741. The number of rotatable bonds is 4. The van der Waals surface area contributed by atoms with E-state index in [1.807, 2.05) is 49.1 Å². The molecule has 0 unspecified atom stereocenters. The van der Waals surface area contributed by atoms with E-state index < -0.39 is 0 Å². The highest BCUT2D eigenvalue weighted by Crippen LogP contribution is 2.21. The zero-order valence-corrected chi connectivity index (χ0v) is 14.7. The molecule has 0 spiro atoms. The largest absolute Gasteiger partial charge is 0.367 e. The molecule has 0 aliphatic carbocycles. The van der Waals surface area contributed by atoms with Gasteiger partial charge in [0.15, 0.2) is 0 Å². The number of carbonyl (C=O) groups excluding carboxylic acids is 1. The summed E-state index contributed by atoms with van der Waals surface area (Å²) in [6.07, 6.45) is 0. The van der Waals surface area contributed by atoms with Crippen LogP contribution in [0.1, 0.15) is 12.5 Å². The van der Waals surface area contributed by atoms with Crippen LogP contribution in [0.4, 0.5) is 15.8 Å². The molecule has 132 valence electrons. The number of piperazine rings is 1. The van der Waals surface area contributed by atoms with Crippen molar-refractivity contribution in [2.24, 2.45) is 0 Å². The molecule has 5 heteroatoms. The number of anilines is 2. The highest BCUT2D eigenvalue weighted by Gasteiger charge is 2.26. The fraction of sp³-hybridized carbons (Fsp3) is 0.350. The molecule has 1 saturated heterocycles. The summed E-state index contributed by atoms with van der Waals surface area (Å²) in [7, 11) is 0. The van der Waals surface area contributed by atoms with Gasteiger partial charge in [-0.2, -0.15) is 0 Å². The van der Waals surface area contributed by atoms with Crippen LogP contribution in [0.25, 0.3) is 0 Å². The Hall–Kier alpha value is -2.40. The summed E-state index contributed by atoms with van der Waals surface area (Å²) >= 11 is 0. The van der Waals surface area contributed by atoms with Crippen molar-refractivity contribution >= 4 is 17.3 Å². The predicted octanol–water partition coefficient (Wildman–Crippen LogP) is 3.28. The smallest absolute Gasteiger partial charge is 0.241 e. The standard InChI is InChI=1S/C20H24FN3O/c1-15-7-3-5-9-18(15)22-20(25)16(2)23-11-13-24(14-12-23)19-10-6-4-8-17(19)21/h3-10,16H,11-14H2,1-2H3,(H,22,25)/t16-/m0/s1. The molecule has 0 aromatic heterocycles. The molecule has 3 rings (SSSR count). The minimum absolute atomic E-state index is 0.00589. The molecule has 0 saturated carbocycles. The SMILES string of the molecule is Cc1ccccc1NC(=O)[C@H](C)N1CCN(c2ccccc2F)CC1. The number of nitrogens with zero attached hydrogens (tertiary/aromatic N) is 2. The third kappa shape index (κ3) is 3.99. The van der Waals surface area contributed by atoms with Gasteiger partial charge in [-0.1, -0.05) is 30.3 Å². The van der Waals surface area contributed by atoms with Crippen LogP contribution in [0.2, 0.25) is 0 Å². The number of nitrogens with one attached hydrogen (secondary N) is 1. The van der Waals surface area contributed by atoms with Gasteiger partial charge >= 0.3 is 0 Å². The number of carbonyl (C=O) groups is 1. The Labute approximate surface area is 148 Å². The molecule has 1 amide bonds. The lowest BCUT2D eigenvalue weighted by Crippen LogP contribution is -2.53. The van der Waals surface area contributed by atoms with Crippen LogP contribution in [0, 0.1) is 12.7 Å². The predicted molar refractivity (Wildman–Crippen MR) is 99.5 cm³/mol. The van der Waals surface area contributed by atoms with Crippen molar-refractivity contribution in [1.82, 2.24) is 4.90 Å². The first-order chi connectivity index (χ1) is 12.1. The van der Waals surface area contributed by atoms with Gasteiger partial charge < -0.3 is 10.2 Å². The van der Waals surface area contributed by atoms with Gasteiger partial charge in [0.1, 0.15) is 5.82 Å². The van der Waals surface area contributed by atoms with Crippen molar-refractivity contribution in [1.29, 1.82) is 0 Å². The first-order valence-corrected chi connectivity index (χ1v) is 8.66. The molecule has 1 aliphatic heterocycles. The minimum Gasteiger partial charge on any atom is -0.367 e. The van der Waals surface area contributed by atoms with Gasteiger partial charge in [0.2, 0.25) is 5.91 Å². The van der Waals surface area contributed by atoms with Crippen molar-refractivity contribution in [3.05, 3.63) is 59.9 Å². The van der Waals surface area contributed by atoms with Crippen molar-refractivity contribution in [3.8, 4) is 0 Å². The quantitative estimate of drug-likeness (QED) is 0.927. The van der Waals surface area contributed by atoms with Gasteiger partial charge in [0.25, 0.3) is 0 Å². The molecule has 2 aromatic rings. The molecule has 1 aliphatic rings. The van der Waals surface area contributed by atoms with Crippen LogP contribution < -0.4 is 10.2 Å². The zero-order valence-electron chi connectivity index (χ0n) is 14.7. The van der Waals surface area contributed by atoms with E-state index >= 15 is 0 Å². The van der Waals surface area contributed by atoms with Crippen LogP contribution in [0.3, 0.4) is 0 Å². The van der Waals surface area contributed by atoms with Crippen LogP contribution in [-0.4, -0.2) is 43.0 Å². The summed E-state index contributed by atoms with van der Waals surface area (Å²) in [6.45, 7) is 6.79. The number of amides is 1. The number of aryl methyl sites for hydroxylation is 1. The number of hydrogen-bond acceptors (Lipinski definition) is 3. The maximum Gasteiger partial charge on any atom is 0.241 e. The highest BCUT2D eigenvalue weighted by atomic mass is 19.1. The van der Waals surface area contributed by atoms with Gasteiger partial charge in [-0.15, -0.1) is 0 Å². The molecule has 1 fully saturated rings. The molecule has 0 bridgehead atoms. The Kier molecular flexibility index (Phi) is 5.34. The van der Waals surface area contributed by atoms with Crippen molar-refractivity contribution in [3.63, 3.8) is 0 Å². The van der Waals surface area contributed by atoms with Gasteiger partial charge in [-0.05, 0) is 37.6 Å². The van der Waals surface area contributed by atoms with Gasteiger partial charge in [0.05, 0.1) is 11.7 Å². The molecular formula is C20H24FN3O. The van der Waals surface area contributed by atoms with Gasteiger partial charge in [-0.25, -0.2) is 4.39 Å². The summed E-state index contributed by atoms with van der Waals surface area (Å²) in [4.78, 5) is 16.7. The second kappa shape index (κ2) is 7.66. The minimum atomic E-state index is -0.220. The van der Waals surface area contributed by atoms with E-state index in [1.54, 1.807) is 12.1 Å². The first-order valence-electron chi connectivity index (χ1n) is 8.66. The number of para-hydroxylation sites is 2. The fourth-order valence-electron chi connectivity index (χ4n) is 3.17. The second-order valence-electron chi connectivity index (χ2n) is 6.45. The average Bonchev–Trinajstić information content (AvgIpc) is 2.63. The third-order valence-corrected chi connectivity index (χ3v) is 4.84. The zero-order chi connectivity index (χ0) is 17.8. The van der Waals surface area contributed by atoms with Crippen molar-refractivity contribution < 1.29 is 9.18 Å². The molecule has 4 nitrogen and oxygen atoms in total. The second-order valence-corrected chi connectivity index (χ2v) is 6.45. The maximum atomic E-state index is 13.9. The molecule has 25 heavy (non-hydrogen) atoms. The van der Waals surface area contributed by atoms with E-state index in [1.165, 1.54) is 6.07 Å².